The highest BCUT2D eigenvalue weighted by molar-refractivity contribution is 6.21. The van der Waals surface area contributed by atoms with Crippen LogP contribution in [0.25, 0.3) is 0 Å². The van der Waals surface area contributed by atoms with Gasteiger partial charge in [-0.25, -0.2) is 0 Å². The van der Waals surface area contributed by atoms with Gasteiger partial charge in [-0.15, -0.1) is 10.2 Å². The molecule has 11 heavy (non-hydrogen) atoms. The van der Waals surface area contributed by atoms with E-state index < -0.39 is 5.78 Å². The van der Waals surface area contributed by atoms with Gasteiger partial charge in [-0.3, -0.25) is 4.79 Å². The molecule has 2 rings (SSSR count). The van der Waals surface area contributed by atoms with E-state index in [1.165, 1.54) is 12.2 Å². The van der Waals surface area contributed by atoms with Gasteiger partial charge in [0.05, 0.1) is 0 Å². The molecule has 0 unspecified atom stereocenters. The molecule has 0 radical (unpaired) electrons. The molecule has 1 aliphatic carbocycles. The largest absolute Gasteiger partial charge is 0.503 e. The predicted octanol–water partition coefficient (Wildman–Crippen LogP) is 0.717. The van der Waals surface area contributed by atoms with E-state index in [2.05, 4.69) is 15.4 Å². The Morgan fingerprint density at radius 1 is 1.36 bits per heavy atom. The molecule has 0 aromatic carbocycles. The Bertz CT molecular complexity index is 349. The highest BCUT2D eigenvalue weighted by Crippen LogP contribution is 2.18. The average molecular weight is 149 g/mol. The number of hydrogen-bond acceptors (Lipinski definition) is 5. The number of nitrogens with zero attached hydrogens (tertiary/aromatic N) is 3. The monoisotopic (exact) mass is 149 g/mol. The zero-order valence-electron chi connectivity index (χ0n) is 5.35. The van der Waals surface area contributed by atoms with Crippen molar-refractivity contribution >= 4 is 11.5 Å². The lowest BCUT2D eigenvalue weighted by atomic mass is 10.1. The van der Waals surface area contributed by atoms with E-state index in [0.29, 0.717) is 5.71 Å². The summed E-state index contributed by atoms with van der Waals surface area (Å²) in [4.78, 5) is 10.8. The van der Waals surface area contributed by atoms with Gasteiger partial charge < -0.3 is 5.11 Å². The van der Waals surface area contributed by atoms with Crippen molar-refractivity contribution in [3.63, 3.8) is 0 Å². The Kier molecular flexibility index (Phi) is 1.00. The molecule has 0 bridgehead atoms. The van der Waals surface area contributed by atoms with E-state index in [0.717, 1.165) is 0 Å². The van der Waals surface area contributed by atoms with Gasteiger partial charge in [0.25, 0.3) is 0 Å². The second-order valence-electron chi connectivity index (χ2n) is 2.07. The van der Waals surface area contributed by atoms with E-state index in [1.54, 1.807) is 0 Å². The topological polar surface area (TPSA) is 74.4 Å². The van der Waals surface area contributed by atoms with Crippen LogP contribution in [0.15, 0.2) is 39.0 Å². The van der Waals surface area contributed by atoms with Crippen LogP contribution in [0.3, 0.4) is 0 Å². The maximum atomic E-state index is 10.8. The molecule has 0 amide bonds. The molecule has 1 aliphatic heterocycles. The first kappa shape index (κ1) is 5.96. The third kappa shape index (κ3) is 0.706. The number of ketones is 1. The Labute approximate surface area is 61.4 Å². The Hall–Kier alpha value is -1.78. The van der Waals surface area contributed by atoms with Crippen LogP contribution in [-0.2, 0) is 4.79 Å². The lowest BCUT2D eigenvalue weighted by Crippen LogP contribution is -2.10. The maximum Gasteiger partial charge on any atom is 0.222 e. The van der Waals surface area contributed by atoms with Crippen molar-refractivity contribution in [3.05, 3.63) is 23.6 Å². The van der Waals surface area contributed by atoms with Crippen LogP contribution in [-0.4, -0.2) is 16.6 Å². The van der Waals surface area contributed by atoms with Gasteiger partial charge in [-0.1, -0.05) is 0 Å². The molecule has 0 saturated heterocycles. The van der Waals surface area contributed by atoms with Crippen molar-refractivity contribution in [1.29, 1.82) is 0 Å². The summed E-state index contributed by atoms with van der Waals surface area (Å²) in [5, 5.41) is 19.4. The Morgan fingerprint density at radius 2 is 2.18 bits per heavy atom. The van der Waals surface area contributed by atoms with E-state index in [4.69, 9.17) is 5.11 Å². The van der Waals surface area contributed by atoms with Crippen LogP contribution in [0.1, 0.15) is 0 Å². The molecule has 2 aliphatic rings. The Morgan fingerprint density at radius 3 is 3.00 bits per heavy atom. The number of hydrogen-bond donors (Lipinski definition) is 1. The number of carbonyl (C=O) groups excluding carboxylic acids is 1. The summed E-state index contributed by atoms with van der Waals surface area (Å²) in [5.74, 6) is -0.840. The summed E-state index contributed by atoms with van der Waals surface area (Å²) in [6.07, 6.45) is 2.70. The van der Waals surface area contributed by atoms with Gasteiger partial charge >= 0.3 is 0 Å². The van der Waals surface area contributed by atoms with E-state index in [1.807, 2.05) is 0 Å². The molecular formula is C6H3N3O2. The summed E-state index contributed by atoms with van der Waals surface area (Å²) in [5.41, 5.74) is 0.597. The number of carbonyl (C=O) groups is 1. The van der Waals surface area contributed by atoms with Crippen LogP contribution >= 0.6 is 0 Å². The predicted molar refractivity (Wildman–Crippen MR) is 36.1 cm³/mol. The fourth-order valence-electron chi connectivity index (χ4n) is 0.845. The summed E-state index contributed by atoms with van der Waals surface area (Å²) >= 11 is 0. The summed E-state index contributed by atoms with van der Waals surface area (Å²) in [7, 11) is 0. The lowest BCUT2D eigenvalue weighted by molar-refractivity contribution is -0.113. The SMILES string of the molecule is O=C1C=CC2=NN=NC2=C1O. The van der Waals surface area contributed by atoms with Gasteiger partial charge in [-0.2, -0.15) is 0 Å². The first-order valence-corrected chi connectivity index (χ1v) is 2.94. The summed E-state index contributed by atoms with van der Waals surface area (Å²) in [6.45, 7) is 0. The second-order valence-corrected chi connectivity index (χ2v) is 2.07. The standard InChI is InChI=1S/C6H3N3O2/c10-4-2-1-3-5(6(4)11)8-9-7-3/h1-2,11H. The van der Waals surface area contributed by atoms with Crippen molar-refractivity contribution in [3.8, 4) is 0 Å². The molecule has 54 valence electrons. The molecule has 0 atom stereocenters. The van der Waals surface area contributed by atoms with E-state index >= 15 is 0 Å². The molecule has 0 aromatic rings. The molecule has 1 N–H and O–H groups in total. The third-order valence-corrected chi connectivity index (χ3v) is 1.39. The minimum atomic E-state index is -0.459. The molecule has 0 aromatic heterocycles. The van der Waals surface area contributed by atoms with Crippen LogP contribution in [0, 0.1) is 0 Å². The molecule has 0 saturated carbocycles. The number of fused-ring (bicyclic) bond motifs is 1. The maximum absolute atomic E-state index is 10.8. The number of rotatable bonds is 0. The van der Waals surface area contributed by atoms with Crippen molar-refractivity contribution in [2.45, 2.75) is 0 Å². The highest BCUT2D eigenvalue weighted by atomic mass is 16.3. The normalized spacial score (nSPS) is 20.7. The van der Waals surface area contributed by atoms with Crippen LogP contribution in [0.2, 0.25) is 0 Å². The molecule has 0 fully saturated rings. The molecule has 5 heteroatoms. The van der Waals surface area contributed by atoms with Crippen molar-refractivity contribution in [2.75, 3.05) is 0 Å². The van der Waals surface area contributed by atoms with Crippen LogP contribution in [0.4, 0.5) is 0 Å². The highest BCUT2D eigenvalue weighted by Gasteiger charge is 2.23. The smallest absolute Gasteiger partial charge is 0.222 e. The zero-order chi connectivity index (χ0) is 7.84. The minimum Gasteiger partial charge on any atom is -0.503 e. The van der Waals surface area contributed by atoms with Crippen molar-refractivity contribution in [1.82, 2.24) is 0 Å². The summed E-state index contributed by atoms with van der Waals surface area (Å²) in [6, 6.07) is 0. The summed E-state index contributed by atoms with van der Waals surface area (Å²) < 4.78 is 0. The van der Waals surface area contributed by atoms with Crippen LogP contribution < -0.4 is 0 Å². The first-order valence-electron chi connectivity index (χ1n) is 2.94. The minimum absolute atomic E-state index is 0.164. The van der Waals surface area contributed by atoms with E-state index in [-0.39, 0.29) is 11.5 Å². The molecule has 1 heterocycles. The van der Waals surface area contributed by atoms with Gasteiger partial charge in [-0.05, 0) is 17.4 Å². The fourth-order valence-corrected chi connectivity index (χ4v) is 0.845. The number of aliphatic hydroxyl groups is 1. The van der Waals surface area contributed by atoms with Gasteiger partial charge in [0.1, 0.15) is 5.71 Å². The lowest BCUT2D eigenvalue weighted by Gasteiger charge is -2.01. The van der Waals surface area contributed by atoms with E-state index in [9.17, 15) is 4.79 Å². The quantitative estimate of drug-likeness (QED) is 0.515. The zero-order valence-corrected chi connectivity index (χ0v) is 5.35. The van der Waals surface area contributed by atoms with Gasteiger partial charge in [0.2, 0.25) is 5.78 Å². The Balaban J connectivity index is 2.60. The second kappa shape index (κ2) is 1.85. The van der Waals surface area contributed by atoms with Gasteiger partial charge in [0, 0.05) is 0 Å². The average Bonchev–Trinajstić information content (AvgIpc) is 2.45. The van der Waals surface area contributed by atoms with Crippen molar-refractivity contribution < 1.29 is 9.90 Å². The molecule has 5 nitrogen and oxygen atoms in total. The van der Waals surface area contributed by atoms with Gasteiger partial charge in [0.15, 0.2) is 11.5 Å². The fraction of sp³-hybridized carbons (Fsp3) is 0. The number of aliphatic hydroxyl groups excluding tert-OH is 1. The molecular weight excluding hydrogens is 146 g/mol. The van der Waals surface area contributed by atoms with Crippen LogP contribution in [0.5, 0.6) is 0 Å². The first-order chi connectivity index (χ1) is 5.29. The third-order valence-electron chi connectivity index (χ3n) is 1.39. The van der Waals surface area contributed by atoms with Crippen molar-refractivity contribution in [2.24, 2.45) is 15.4 Å². The number of allylic oxidation sites excluding steroid dienone is 2. The molecule has 0 spiro atoms.